The van der Waals surface area contributed by atoms with Crippen LogP contribution >= 0.6 is 0 Å². The van der Waals surface area contributed by atoms with E-state index in [2.05, 4.69) is 132 Å². The van der Waals surface area contributed by atoms with Gasteiger partial charge >= 0.3 is 0 Å². The summed E-state index contributed by atoms with van der Waals surface area (Å²) in [5, 5.41) is 0. The molecule has 5 aromatic carbocycles. The van der Waals surface area contributed by atoms with Crippen LogP contribution in [0.3, 0.4) is 0 Å². The first-order valence-electron chi connectivity index (χ1n) is 16.0. The maximum absolute atomic E-state index is 12.9. The second-order valence-electron chi connectivity index (χ2n) is 12.7. The Morgan fingerprint density at radius 2 is 1.33 bits per heavy atom. The molecule has 6 aromatic rings. The molecule has 7 heteroatoms. The molecule has 2 heterocycles. The van der Waals surface area contributed by atoms with Gasteiger partial charge in [0.2, 0.25) is 16.7 Å². The zero-order valence-electron chi connectivity index (χ0n) is 27.6. The summed E-state index contributed by atoms with van der Waals surface area (Å²) in [6.07, 6.45) is 0. The van der Waals surface area contributed by atoms with Crippen molar-refractivity contribution in [1.82, 2.24) is 14.5 Å². The molecule has 0 unspecified atom stereocenters. The van der Waals surface area contributed by atoms with E-state index in [9.17, 15) is 4.79 Å². The van der Waals surface area contributed by atoms with E-state index in [1.807, 2.05) is 37.3 Å². The summed E-state index contributed by atoms with van der Waals surface area (Å²) < 4.78 is 4.46. The number of hydrogen-bond acceptors (Lipinski definition) is 5. The molecular formula is C41H35N6O+. The van der Waals surface area contributed by atoms with Crippen LogP contribution in [0.1, 0.15) is 5.56 Å². The van der Waals surface area contributed by atoms with Crippen molar-refractivity contribution in [2.75, 3.05) is 38.0 Å². The molecule has 48 heavy (non-hydrogen) atoms. The smallest absolute Gasteiger partial charge is 0.239 e. The molecule has 0 radical (unpaired) electrons. The molecule has 234 valence electrons. The molecule has 1 aromatic heterocycles. The van der Waals surface area contributed by atoms with Gasteiger partial charge in [-0.1, -0.05) is 42.5 Å². The standard InChI is InChI=1S/C41H35N6O/c1-26-20-34-40(25-41(26)48)47(29-14-10-7-11-15-29)39-24-36(45(4)5)31(23-35(39)43-34)27-16-18-32-37(21-27)46(28-12-8-6-9-13-28)38-22-30(44(2)3)17-19-33(38)42-32/h6-25H,1-5H3/q+1. The fourth-order valence-electron chi connectivity index (χ4n) is 6.62. The number of fused-ring (bicyclic) bond motifs is 4. The zero-order valence-corrected chi connectivity index (χ0v) is 27.6. The number of nitrogens with zero attached hydrogens (tertiary/aromatic N) is 6. The molecule has 1 aliphatic heterocycles. The van der Waals surface area contributed by atoms with Crippen molar-refractivity contribution in [3.63, 3.8) is 0 Å². The number of rotatable bonds is 5. The van der Waals surface area contributed by atoms with E-state index in [0.29, 0.717) is 5.56 Å². The molecule has 0 atom stereocenters. The first kappa shape index (κ1) is 29.3. The molecule has 0 spiro atoms. The molecule has 1 aliphatic carbocycles. The van der Waals surface area contributed by atoms with Gasteiger partial charge in [-0.05, 0) is 66.6 Å². The highest BCUT2D eigenvalue weighted by molar-refractivity contribution is 5.96. The van der Waals surface area contributed by atoms with Crippen molar-refractivity contribution < 1.29 is 4.57 Å². The lowest BCUT2D eigenvalue weighted by Gasteiger charge is -2.23. The van der Waals surface area contributed by atoms with Gasteiger partial charge in [0.05, 0.1) is 22.4 Å². The summed E-state index contributed by atoms with van der Waals surface area (Å²) in [5.74, 6) is 0. The van der Waals surface area contributed by atoms with Crippen molar-refractivity contribution in [2.45, 2.75) is 6.92 Å². The van der Waals surface area contributed by atoms with Crippen LogP contribution in [0.4, 0.5) is 11.4 Å². The first-order chi connectivity index (χ1) is 23.3. The molecule has 2 aliphatic rings. The Balaban J connectivity index is 1.45. The summed E-state index contributed by atoms with van der Waals surface area (Å²) in [5.41, 5.74) is 14.2. The lowest BCUT2D eigenvalue weighted by atomic mass is 9.99. The summed E-state index contributed by atoms with van der Waals surface area (Å²) in [7, 11) is 8.24. The van der Waals surface area contributed by atoms with Gasteiger partial charge < -0.3 is 14.4 Å². The minimum Gasteiger partial charge on any atom is -0.377 e. The molecule has 0 saturated carbocycles. The second kappa shape index (κ2) is 11.3. The van der Waals surface area contributed by atoms with E-state index in [0.717, 1.165) is 78.4 Å². The summed E-state index contributed by atoms with van der Waals surface area (Å²) >= 11 is 0. The Kier molecular flexibility index (Phi) is 6.91. The predicted octanol–water partition coefficient (Wildman–Crippen LogP) is 7.58. The average molecular weight is 628 g/mol. The normalized spacial score (nSPS) is 11.5. The van der Waals surface area contributed by atoms with Crippen LogP contribution in [0.25, 0.3) is 67.0 Å². The summed E-state index contributed by atoms with van der Waals surface area (Å²) in [6, 6.07) is 41.5. The van der Waals surface area contributed by atoms with Crippen LogP contribution in [-0.2, 0) is 0 Å². The van der Waals surface area contributed by atoms with Crippen LogP contribution in [-0.4, -0.2) is 42.7 Å². The quantitative estimate of drug-likeness (QED) is 0.146. The number of para-hydroxylation sites is 2. The monoisotopic (exact) mass is 627 g/mol. The second-order valence-corrected chi connectivity index (χ2v) is 12.7. The highest BCUT2D eigenvalue weighted by Gasteiger charge is 2.23. The Morgan fingerprint density at radius 3 is 2.04 bits per heavy atom. The third kappa shape index (κ3) is 4.83. The number of aromatic nitrogens is 4. The Hall–Kier alpha value is -6.08. The van der Waals surface area contributed by atoms with Crippen molar-refractivity contribution in [2.24, 2.45) is 0 Å². The predicted molar refractivity (Wildman–Crippen MR) is 197 cm³/mol. The molecule has 8 rings (SSSR count). The van der Waals surface area contributed by atoms with Crippen LogP contribution in [0.2, 0.25) is 0 Å². The highest BCUT2D eigenvalue weighted by Crippen LogP contribution is 2.38. The van der Waals surface area contributed by atoms with Crippen LogP contribution in [0.15, 0.2) is 126 Å². The lowest BCUT2D eigenvalue weighted by Crippen LogP contribution is -2.33. The van der Waals surface area contributed by atoms with E-state index < -0.39 is 0 Å². The van der Waals surface area contributed by atoms with Gasteiger partial charge in [0.15, 0.2) is 5.43 Å². The maximum Gasteiger partial charge on any atom is 0.239 e. The zero-order chi connectivity index (χ0) is 33.1. The number of hydrogen-bond donors (Lipinski definition) is 0. The van der Waals surface area contributed by atoms with E-state index in [-0.39, 0.29) is 5.43 Å². The topological polar surface area (TPSA) is 58.1 Å². The van der Waals surface area contributed by atoms with Gasteiger partial charge in [-0.3, -0.25) is 4.79 Å². The van der Waals surface area contributed by atoms with Crippen molar-refractivity contribution >= 4 is 44.5 Å². The molecule has 0 amide bonds. The lowest BCUT2D eigenvalue weighted by molar-refractivity contribution is -0.538. The summed E-state index contributed by atoms with van der Waals surface area (Å²) in [6.45, 7) is 1.84. The molecule has 7 nitrogen and oxygen atoms in total. The largest absolute Gasteiger partial charge is 0.377 e. The molecule has 0 N–H and O–H groups in total. The van der Waals surface area contributed by atoms with E-state index >= 15 is 0 Å². The fourth-order valence-corrected chi connectivity index (χ4v) is 6.62. The summed E-state index contributed by atoms with van der Waals surface area (Å²) in [4.78, 5) is 27.4. The third-order valence-corrected chi connectivity index (χ3v) is 9.08. The van der Waals surface area contributed by atoms with E-state index in [1.165, 1.54) is 0 Å². The number of aryl methyl sites for hydroxylation is 1. The minimum absolute atomic E-state index is 0.000459. The van der Waals surface area contributed by atoms with Crippen molar-refractivity contribution in [1.29, 1.82) is 0 Å². The third-order valence-electron chi connectivity index (χ3n) is 9.08. The highest BCUT2D eigenvalue weighted by atomic mass is 16.1. The molecule has 0 saturated heterocycles. The van der Waals surface area contributed by atoms with E-state index in [4.69, 9.17) is 9.97 Å². The Bertz CT molecular complexity index is 2540. The minimum atomic E-state index is -0.000459. The van der Waals surface area contributed by atoms with Gasteiger partial charge in [-0.15, -0.1) is 4.57 Å². The first-order valence-corrected chi connectivity index (χ1v) is 16.0. The molecule has 0 bridgehead atoms. The van der Waals surface area contributed by atoms with Crippen LogP contribution in [0, 0.1) is 6.92 Å². The van der Waals surface area contributed by atoms with Crippen LogP contribution < -0.4 is 19.8 Å². The Labute approximate surface area is 278 Å². The number of anilines is 2. The van der Waals surface area contributed by atoms with Crippen molar-refractivity contribution in [3.8, 4) is 33.9 Å². The van der Waals surface area contributed by atoms with Gasteiger partial charge in [0, 0.05) is 81.1 Å². The van der Waals surface area contributed by atoms with Gasteiger partial charge in [-0.25, -0.2) is 9.97 Å². The SMILES string of the molecule is Cc1cc2nc3cc(-c4ccc5nc6ccc(N(C)C)cc6[n+](-c6ccccc6)c5c4)c(N(C)C)cc3n(-c3ccccc3)c-2cc1=O. The fraction of sp³-hybridized carbons (Fsp3) is 0.122. The Morgan fingerprint density at radius 1 is 0.646 bits per heavy atom. The molecular weight excluding hydrogens is 592 g/mol. The van der Waals surface area contributed by atoms with E-state index in [1.54, 1.807) is 6.07 Å². The van der Waals surface area contributed by atoms with Gasteiger partial charge in [-0.2, -0.15) is 0 Å². The maximum atomic E-state index is 12.9. The van der Waals surface area contributed by atoms with Crippen molar-refractivity contribution in [3.05, 3.63) is 137 Å². The number of benzene rings is 6. The van der Waals surface area contributed by atoms with Gasteiger partial charge in [0.25, 0.3) is 0 Å². The van der Waals surface area contributed by atoms with Crippen LogP contribution in [0.5, 0.6) is 0 Å². The average Bonchev–Trinajstić information content (AvgIpc) is 3.10. The molecule has 0 fully saturated rings. The van der Waals surface area contributed by atoms with Gasteiger partial charge in [0.1, 0.15) is 11.0 Å².